The zero-order chi connectivity index (χ0) is 9.90. The van der Waals surface area contributed by atoms with Crippen LogP contribution in [0.5, 0.6) is 0 Å². The van der Waals surface area contributed by atoms with E-state index in [0.29, 0.717) is 0 Å². The third kappa shape index (κ3) is 5.31. The summed E-state index contributed by atoms with van der Waals surface area (Å²) in [4.78, 5) is 0.106. The fraction of sp³-hybridized carbons (Fsp3) is 0.111. The van der Waals surface area contributed by atoms with E-state index < -0.39 is 10.1 Å². The molecule has 0 aliphatic carbocycles. The van der Waals surface area contributed by atoms with E-state index in [9.17, 15) is 8.42 Å². The number of rotatable bonds is 3. The fourth-order valence-electron chi connectivity index (χ4n) is 0.831. The van der Waals surface area contributed by atoms with Crippen molar-refractivity contribution in [3.8, 4) is 0 Å². The Morgan fingerprint density at radius 2 is 1.62 bits per heavy atom. The topological polar surface area (TPSA) is 43.4 Å². The number of hydrogen-bond donors (Lipinski definition) is 0. The van der Waals surface area contributed by atoms with Crippen LogP contribution >= 0.6 is 0 Å². The van der Waals surface area contributed by atoms with Gasteiger partial charge in [-0.1, -0.05) is 17.7 Å². The summed E-state index contributed by atoms with van der Waals surface area (Å²) in [5, 5.41) is 0. The first-order valence-electron chi connectivity index (χ1n) is 3.58. The molecule has 1 aromatic carbocycles. The van der Waals surface area contributed by atoms with E-state index in [0.717, 1.165) is 5.56 Å². The number of halogens is 2. The zero-order valence-corrected chi connectivity index (χ0v) is 9.72. The van der Waals surface area contributed by atoms with Gasteiger partial charge in [0.1, 0.15) is 4.90 Å². The van der Waals surface area contributed by atoms with E-state index in [1.54, 1.807) is 12.1 Å². The first-order chi connectivity index (χ1) is 6.06. The monoisotopic (exact) mass is 242 g/mol. The molecule has 16 heavy (non-hydrogen) atoms. The van der Waals surface area contributed by atoms with Crippen LogP contribution in [0.2, 0.25) is 0 Å². The van der Waals surface area contributed by atoms with Crippen molar-refractivity contribution in [2.24, 2.45) is 0 Å². The third-order valence-corrected chi connectivity index (χ3v) is 2.67. The van der Waals surface area contributed by atoms with Crippen molar-refractivity contribution < 1.29 is 40.9 Å². The van der Waals surface area contributed by atoms with Gasteiger partial charge in [0, 0.05) is 0 Å². The number of benzene rings is 1. The van der Waals surface area contributed by atoms with Gasteiger partial charge in [-0.3, -0.25) is 6.26 Å². The van der Waals surface area contributed by atoms with Crippen molar-refractivity contribution in [3.05, 3.63) is 42.7 Å². The van der Waals surface area contributed by atoms with Gasteiger partial charge in [-0.25, -0.2) is 6.58 Å². The maximum atomic E-state index is 11.2. The van der Waals surface area contributed by atoms with Crippen molar-refractivity contribution >= 4 is 10.1 Å². The number of aryl methyl sites for hydroxylation is 1. The Hall–Kier alpha value is -0.833. The molecule has 0 saturated heterocycles. The Morgan fingerprint density at radius 3 is 2.00 bits per heavy atom. The Kier molecular flexibility index (Phi) is 10.7. The van der Waals surface area contributed by atoms with Crippen LogP contribution in [-0.4, -0.2) is 8.42 Å². The Morgan fingerprint density at radius 1 is 1.19 bits per heavy atom. The SMILES string of the molecule is C=[C-]OS(=O)(=O)c1ccc(C)cc1.[F-].[F-].[Li+]. The number of hydrogen-bond acceptors (Lipinski definition) is 3. The minimum Gasteiger partial charge on any atom is -1.00 e. The summed E-state index contributed by atoms with van der Waals surface area (Å²) in [6.07, 6.45) is 1.88. The van der Waals surface area contributed by atoms with Gasteiger partial charge in [0.25, 0.3) is 0 Å². The van der Waals surface area contributed by atoms with Crippen molar-refractivity contribution in [2.45, 2.75) is 11.8 Å². The molecule has 0 aliphatic rings. The molecule has 0 saturated carbocycles. The zero-order valence-electron chi connectivity index (χ0n) is 8.91. The van der Waals surface area contributed by atoms with Crippen LogP contribution in [0.4, 0.5) is 0 Å². The summed E-state index contributed by atoms with van der Waals surface area (Å²) in [5.41, 5.74) is 0.988. The van der Waals surface area contributed by atoms with Gasteiger partial charge in [-0.15, -0.1) is 0 Å². The summed E-state index contributed by atoms with van der Waals surface area (Å²) >= 11 is 0. The molecule has 0 aromatic heterocycles. The van der Waals surface area contributed by atoms with Crippen LogP contribution in [0, 0.1) is 13.2 Å². The normalized spacial score (nSPS) is 8.81. The summed E-state index contributed by atoms with van der Waals surface area (Å²) in [7, 11) is -3.70. The Bertz CT molecular complexity index is 403. The molecule has 0 radical (unpaired) electrons. The van der Waals surface area contributed by atoms with Crippen LogP contribution in [0.15, 0.2) is 35.7 Å². The first-order valence-corrected chi connectivity index (χ1v) is 4.99. The quantitative estimate of drug-likeness (QED) is 0.229. The van der Waals surface area contributed by atoms with Gasteiger partial charge < -0.3 is 13.6 Å². The molecule has 7 heteroatoms. The molecule has 1 aromatic rings. The molecular formula is C9H9F2LiO3S-2. The summed E-state index contributed by atoms with van der Waals surface area (Å²) in [6.45, 7) is 4.93. The van der Waals surface area contributed by atoms with Crippen LogP contribution in [0.25, 0.3) is 0 Å². The second kappa shape index (κ2) is 8.33. The van der Waals surface area contributed by atoms with Gasteiger partial charge in [0.2, 0.25) is 0 Å². The van der Waals surface area contributed by atoms with Crippen molar-refractivity contribution in [1.29, 1.82) is 0 Å². The van der Waals surface area contributed by atoms with E-state index in [1.807, 2.05) is 13.2 Å². The molecule has 3 nitrogen and oxygen atoms in total. The van der Waals surface area contributed by atoms with Crippen molar-refractivity contribution in [2.75, 3.05) is 0 Å². The molecular weight excluding hydrogens is 233 g/mol. The average molecular weight is 242 g/mol. The molecule has 0 heterocycles. The van der Waals surface area contributed by atoms with Gasteiger partial charge in [-0.05, 0) is 19.1 Å². The summed E-state index contributed by atoms with van der Waals surface area (Å²) in [6, 6.07) is 6.34. The van der Waals surface area contributed by atoms with Crippen LogP contribution in [-0.2, 0) is 14.3 Å². The van der Waals surface area contributed by atoms with E-state index >= 15 is 0 Å². The molecule has 0 atom stereocenters. The Labute approximate surface area is 106 Å². The van der Waals surface area contributed by atoms with Gasteiger partial charge in [0.15, 0.2) is 0 Å². The predicted octanol–water partition coefficient (Wildman–Crippen LogP) is -7.34. The van der Waals surface area contributed by atoms with E-state index in [-0.39, 0.29) is 33.2 Å². The Balaban J connectivity index is -0.000000563. The first kappa shape index (κ1) is 20.6. The molecule has 0 amide bonds. The van der Waals surface area contributed by atoms with E-state index in [2.05, 4.69) is 10.8 Å². The standard InChI is InChI=1S/C9H9O3S.2FH.Li/c1-3-12-13(10,11)9-6-4-8(2)5-7-9;;;/h4-7H,1H2,2H3;2*1H;/q-1;;;+1/p-2. The average Bonchev–Trinajstić information content (AvgIpc) is 2.05. The van der Waals surface area contributed by atoms with Crippen molar-refractivity contribution in [1.82, 2.24) is 0 Å². The molecule has 0 spiro atoms. The van der Waals surface area contributed by atoms with E-state index in [4.69, 9.17) is 0 Å². The smallest absolute Gasteiger partial charge is 1.00 e. The molecule has 1 rings (SSSR count). The van der Waals surface area contributed by atoms with E-state index in [1.165, 1.54) is 12.1 Å². The molecule has 0 unspecified atom stereocenters. The minimum atomic E-state index is -3.70. The maximum Gasteiger partial charge on any atom is 1.00 e. The molecule has 0 aliphatic heterocycles. The van der Waals surface area contributed by atoms with Crippen LogP contribution in [0.1, 0.15) is 5.56 Å². The summed E-state index contributed by atoms with van der Waals surface area (Å²) in [5.74, 6) is 0. The van der Waals surface area contributed by atoms with Gasteiger partial charge in [0.05, 0.1) is 0 Å². The largest absolute Gasteiger partial charge is 1.00 e. The van der Waals surface area contributed by atoms with Crippen LogP contribution in [0.3, 0.4) is 0 Å². The molecule has 0 fully saturated rings. The van der Waals surface area contributed by atoms with Crippen LogP contribution < -0.4 is 28.3 Å². The molecule has 0 bridgehead atoms. The van der Waals surface area contributed by atoms with Crippen molar-refractivity contribution in [3.63, 3.8) is 0 Å². The summed E-state index contributed by atoms with van der Waals surface area (Å²) < 4.78 is 26.7. The predicted molar refractivity (Wildman–Crippen MR) is 48.3 cm³/mol. The fourth-order valence-corrected chi connectivity index (χ4v) is 1.55. The van der Waals surface area contributed by atoms with Gasteiger partial charge in [-0.2, -0.15) is 8.42 Å². The third-order valence-electron chi connectivity index (χ3n) is 1.48. The van der Waals surface area contributed by atoms with Gasteiger partial charge >= 0.3 is 29.0 Å². The molecule has 86 valence electrons. The second-order valence-corrected chi connectivity index (χ2v) is 4.04. The maximum absolute atomic E-state index is 11.2. The second-order valence-electron chi connectivity index (χ2n) is 2.49. The minimum absolute atomic E-state index is 0. The molecule has 0 N–H and O–H groups in total.